The highest BCUT2D eigenvalue weighted by atomic mass is 31.0. The van der Waals surface area contributed by atoms with Crippen molar-refractivity contribution in [3.8, 4) is 0 Å². The summed E-state index contributed by atoms with van der Waals surface area (Å²) in [4.78, 5) is 2.42. The van der Waals surface area contributed by atoms with Gasteiger partial charge in [-0.25, -0.2) is 14.2 Å². The number of piperidine rings is 2. The molecule has 3 saturated heterocycles. The summed E-state index contributed by atoms with van der Waals surface area (Å²) in [6, 6.07) is -0.422. The number of hydrogen-bond donors (Lipinski definition) is 4. The van der Waals surface area contributed by atoms with Crippen LogP contribution in [0.1, 0.15) is 84.5 Å². The van der Waals surface area contributed by atoms with Crippen LogP contribution >= 0.6 is 9.24 Å². The maximum Gasteiger partial charge on any atom is 0.273 e. The van der Waals surface area contributed by atoms with Crippen LogP contribution in [0.3, 0.4) is 0 Å². The van der Waals surface area contributed by atoms with Gasteiger partial charge in [0, 0.05) is 47.9 Å². The van der Waals surface area contributed by atoms with Crippen molar-refractivity contribution in [2.75, 3.05) is 6.54 Å². The minimum atomic E-state index is -2.95. The fourth-order valence-electron chi connectivity index (χ4n) is 7.83. The van der Waals surface area contributed by atoms with Crippen molar-refractivity contribution in [1.82, 2.24) is 20.7 Å². The maximum absolute atomic E-state index is 14.0. The van der Waals surface area contributed by atoms with Crippen molar-refractivity contribution < 1.29 is 8.78 Å². The zero-order valence-corrected chi connectivity index (χ0v) is 24.1. The lowest BCUT2D eigenvalue weighted by Crippen LogP contribution is -2.66. The van der Waals surface area contributed by atoms with Gasteiger partial charge >= 0.3 is 0 Å². The van der Waals surface area contributed by atoms with Crippen LogP contribution in [0.25, 0.3) is 0 Å². The lowest BCUT2D eigenvalue weighted by Gasteiger charge is -2.51. The first-order chi connectivity index (χ1) is 17.6. The van der Waals surface area contributed by atoms with E-state index in [0.717, 1.165) is 50.3 Å². The number of nitrogens with one attached hydrogen (secondary N) is 2. The Morgan fingerprint density at radius 1 is 1.11 bits per heavy atom. The van der Waals surface area contributed by atoms with Crippen LogP contribution in [0.4, 0.5) is 8.78 Å². The average Bonchev–Trinajstić information content (AvgIpc) is 3.49. The van der Waals surface area contributed by atoms with Crippen LogP contribution in [0.2, 0.25) is 0 Å². The van der Waals surface area contributed by atoms with Crippen molar-refractivity contribution in [2.45, 2.75) is 127 Å². The van der Waals surface area contributed by atoms with Crippen LogP contribution < -0.4 is 22.2 Å². The number of likely N-dealkylation sites (tertiary alicyclic amines) is 1. The molecule has 9 unspecified atom stereocenters. The Morgan fingerprint density at radius 3 is 2.41 bits per heavy atom. The third-order valence-electron chi connectivity index (χ3n) is 9.70. The first-order valence-corrected chi connectivity index (χ1v) is 15.3. The molecule has 6 nitrogen and oxygen atoms in total. The van der Waals surface area contributed by atoms with Crippen molar-refractivity contribution in [2.24, 2.45) is 29.2 Å². The second-order valence-electron chi connectivity index (χ2n) is 12.1. The number of allylic oxidation sites excluding steroid dienone is 1. The largest absolute Gasteiger partial charge is 0.371 e. The number of fused-ring (bicyclic) bond motifs is 1. The summed E-state index contributed by atoms with van der Waals surface area (Å²) in [5, 5.41) is 5.36. The van der Waals surface area contributed by atoms with Crippen molar-refractivity contribution in [3.05, 3.63) is 24.6 Å². The minimum Gasteiger partial charge on any atom is -0.371 e. The number of nitrogens with two attached hydrogens (primary N) is 2. The zero-order chi connectivity index (χ0) is 26.9. The van der Waals surface area contributed by atoms with Crippen LogP contribution in [-0.4, -0.2) is 58.5 Å². The molecule has 0 bridgehead atoms. The standard InChI is InChI=1S/C28H51F2N6P/c1-5-9-21-26-22(6-2)35(18(4)25-20(31)16-24(28(29,30)37)33-27(25)32)15-14-23(26)36(34-21)17(3)12-13-19-10-7-8-11-19/h19-27,33-34H,3-16,31-32,37H2,1-2H3. The molecule has 0 amide bonds. The van der Waals surface area contributed by atoms with E-state index in [0.29, 0.717) is 24.0 Å². The van der Waals surface area contributed by atoms with E-state index >= 15 is 0 Å². The predicted molar refractivity (Wildman–Crippen MR) is 151 cm³/mol. The Balaban J connectivity index is 1.47. The van der Waals surface area contributed by atoms with Crippen LogP contribution in [0.15, 0.2) is 24.6 Å². The molecule has 3 heterocycles. The smallest absolute Gasteiger partial charge is 0.273 e. The summed E-state index contributed by atoms with van der Waals surface area (Å²) in [6.45, 7) is 14.4. The quantitative estimate of drug-likeness (QED) is 0.306. The zero-order valence-electron chi connectivity index (χ0n) is 23.0. The lowest BCUT2D eigenvalue weighted by atomic mass is 9.76. The molecule has 0 aromatic heterocycles. The summed E-state index contributed by atoms with van der Waals surface area (Å²) in [5.41, 5.74) is 16.0. The number of halogens is 2. The lowest BCUT2D eigenvalue weighted by molar-refractivity contribution is 0.0144. The topological polar surface area (TPSA) is 82.6 Å². The summed E-state index contributed by atoms with van der Waals surface area (Å²) in [7, 11) is 1.63. The van der Waals surface area contributed by atoms with E-state index in [1.54, 1.807) is 9.24 Å². The van der Waals surface area contributed by atoms with Crippen LogP contribution in [0.5, 0.6) is 0 Å². The van der Waals surface area contributed by atoms with Crippen molar-refractivity contribution >= 4 is 9.24 Å². The molecule has 9 heteroatoms. The Morgan fingerprint density at radius 2 is 1.81 bits per heavy atom. The molecule has 37 heavy (non-hydrogen) atoms. The van der Waals surface area contributed by atoms with Gasteiger partial charge in [-0.15, -0.1) is 0 Å². The first-order valence-electron chi connectivity index (χ1n) is 14.7. The fraction of sp³-hybridized carbons (Fsp3) is 0.857. The summed E-state index contributed by atoms with van der Waals surface area (Å²) >= 11 is 0. The van der Waals surface area contributed by atoms with Crippen LogP contribution in [-0.2, 0) is 0 Å². The van der Waals surface area contributed by atoms with Crippen LogP contribution in [0, 0.1) is 17.8 Å². The monoisotopic (exact) mass is 540 g/mol. The molecule has 0 aromatic rings. The van der Waals surface area contributed by atoms with Gasteiger partial charge < -0.3 is 21.4 Å². The van der Waals surface area contributed by atoms with E-state index in [9.17, 15) is 8.78 Å². The SMILES string of the molecule is C=C(C1C(N)CC(C(F)(F)P)NC1N)N1CCC2C(C(CCC)NN2C(=C)CCC2CCCC2)C1CC. The van der Waals surface area contributed by atoms with Gasteiger partial charge in [-0.3, -0.25) is 5.32 Å². The van der Waals surface area contributed by atoms with E-state index in [1.165, 1.54) is 37.8 Å². The van der Waals surface area contributed by atoms with Gasteiger partial charge in [0.2, 0.25) is 0 Å². The van der Waals surface area contributed by atoms with Gasteiger partial charge in [0.05, 0.1) is 18.2 Å². The van der Waals surface area contributed by atoms with Crippen molar-refractivity contribution in [1.29, 1.82) is 0 Å². The van der Waals surface area contributed by atoms with Gasteiger partial charge in [-0.2, -0.15) is 0 Å². The normalized spacial score (nSPS) is 37.2. The second-order valence-corrected chi connectivity index (χ2v) is 12.9. The summed E-state index contributed by atoms with van der Waals surface area (Å²) in [5.74, 6) is 1.02. The van der Waals surface area contributed by atoms with Gasteiger partial charge in [-0.05, 0) is 44.4 Å². The number of hydrogen-bond acceptors (Lipinski definition) is 6. The van der Waals surface area contributed by atoms with E-state index in [4.69, 9.17) is 11.5 Å². The molecule has 0 aromatic carbocycles. The molecule has 9 atom stereocenters. The molecule has 1 saturated carbocycles. The van der Waals surface area contributed by atoms with E-state index in [1.807, 2.05) is 0 Å². The third-order valence-corrected chi connectivity index (χ3v) is 10.1. The molecule has 6 N–H and O–H groups in total. The molecule has 3 aliphatic heterocycles. The number of hydrazine groups is 1. The summed E-state index contributed by atoms with van der Waals surface area (Å²) < 4.78 is 28.0. The third kappa shape index (κ3) is 6.19. The molecule has 4 aliphatic rings. The van der Waals surface area contributed by atoms with Crippen molar-refractivity contribution in [3.63, 3.8) is 0 Å². The Labute approximate surface area is 225 Å². The van der Waals surface area contributed by atoms with Gasteiger partial charge in [0.1, 0.15) is 0 Å². The van der Waals surface area contributed by atoms with E-state index in [2.05, 4.69) is 47.7 Å². The molecule has 4 fully saturated rings. The highest BCUT2D eigenvalue weighted by molar-refractivity contribution is 7.18. The second kappa shape index (κ2) is 12.2. The molecule has 0 radical (unpaired) electrons. The van der Waals surface area contributed by atoms with E-state index < -0.39 is 23.9 Å². The summed E-state index contributed by atoms with van der Waals surface area (Å²) in [6.07, 6.45) is 11.5. The first kappa shape index (κ1) is 29.2. The van der Waals surface area contributed by atoms with Gasteiger partial charge in [-0.1, -0.05) is 68.3 Å². The minimum absolute atomic E-state index is 0.166. The molecule has 4 rings (SSSR count). The molecule has 212 valence electrons. The van der Waals surface area contributed by atoms with Gasteiger partial charge in [0.15, 0.2) is 0 Å². The number of alkyl halides is 2. The Bertz CT molecular complexity index is 788. The molecular weight excluding hydrogens is 489 g/mol. The Hall–Kier alpha value is -0.790. The molecular formula is C28H51F2N6P. The van der Waals surface area contributed by atoms with E-state index in [-0.39, 0.29) is 12.3 Å². The van der Waals surface area contributed by atoms with Gasteiger partial charge in [0.25, 0.3) is 5.66 Å². The highest BCUT2D eigenvalue weighted by Gasteiger charge is 2.51. The maximum atomic E-state index is 14.0. The molecule has 0 spiro atoms. The number of nitrogens with zero attached hydrogens (tertiary/aromatic N) is 2. The predicted octanol–water partition coefficient (Wildman–Crippen LogP) is 4.50. The molecule has 1 aliphatic carbocycles. The average molecular weight is 541 g/mol. The fourth-order valence-corrected chi connectivity index (χ4v) is 8.06. The Kier molecular flexibility index (Phi) is 9.60. The highest BCUT2D eigenvalue weighted by Crippen LogP contribution is 2.43. The number of rotatable bonds is 10.